The molecule has 0 amide bonds. The highest BCUT2D eigenvalue weighted by atomic mass is 32.2. The van der Waals surface area contributed by atoms with Crippen molar-refractivity contribution in [2.75, 3.05) is 26.2 Å². The molecule has 35 heavy (non-hydrogen) atoms. The number of benzene rings is 2. The zero-order valence-corrected chi connectivity index (χ0v) is 22.1. The van der Waals surface area contributed by atoms with Crippen LogP contribution in [-0.2, 0) is 29.9 Å². The lowest BCUT2D eigenvalue weighted by Gasteiger charge is -2.20. The van der Waals surface area contributed by atoms with Crippen molar-refractivity contribution in [1.29, 1.82) is 0 Å². The first-order valence-electron chi connectivity index (χ1n) is 12.1. The predicted octanol–water partition coefficient (Wildman–Crippen LogP) is 3.65. The molecule has 0 aliphatic carbocycles. The fourth-order valence-corrected chi connectivity index (χ4v) is 8.87. The van der Waals surface area contributed by atoms with E-state index in [1.807, 2.05) is 0 Å². The molecule has 0 saturated carbocycles. The highest BCUT2D eigenvalue weighted by Gasteiger charge is 2.28. The summed E-state index contributed by atoms with van der Waals surface area (Å²) >= 11 is 0. The molecular weight excluding hydrogens is 508 g/mol. The molecule has 192 valence electrons. The quantitative estimate of drug-likeness (QED) is 0.553. The lowest BCUT2D eigenvalue weighted by atomic mass is 10.2. The number of nitrogens with zero attached hydrogens (tertiary/aromatic N) is 2. The number of hydrogen-bond donors (Lipinski definition) is 0. The molecule has 4 rings (SSSR count). The monoisotopic (exact) mass is 540 g/mol. The highest BCUT2D eigenvalue weighted by molar-refractivity contribution is 7.91. The van der Waals surface area contributed by atoms with Crippen LogP contribution in [0.3, 0.4) is 0 Å². The molecule has 2 saturated heterocycles. The summed E-state index contributed by atoms with van der Waals surface area (Å²) in [6.45, 7) is 1.87. The lowest BCUT2D eigenvalue weighted by molar-refractivity contribution is 0.423. The van der Waals surface area contributed by atoms with E-state index < -0.39 is 29.9 Å². The average molecular weight is 541 g/mol. The molecular formula is C24H32N2O6S3. The first-order chi connectivity index (χ1) is 16.6. The largest absolute Gasteiger partial charge is 0.243 e. The first kappa shape index (κ1) is 26.3. The second-order valence-corrected chi connectivity index (χ2v) is 14.9. The van der Waals surface area contributed by atoms with Crippen molar-refractivity contribution in [1.82, 2.24) is 8.61 Å². The Hall–Kier alpha value is -1.79. The molecule has 2 heterocycles. The Morgan fingerprint density at radius 1 is 0.400 bits per heavy atom. The summed E-state index contributed by atoms with van der Waals surface area (Å²) in [5.41, 5.74) is 0. The third-order valence-electron chi connectivity index (χ3n) is 6.67. The number of sulfonamides is 2. The molecule has 0 aromatic heterocycles. The Labute approximate surface area is 209 Å². The summed E-state index contributed by atoms with van der Waals surface area (Å²) in [7, 11) is -11.3. The lowest BCUT2D eigenvalue weighted by Crippen LogP contribution is -2.32. The molecule has 2 aliphatic rings. The van der Waals surface area contributed by atoms with Crippen LogP contribution in [0.5, 0.6) is 0 Å². The summed E-state index contributed by atoms with van der Waals surface area (Å²) in [4.78, 5) is 0.0420. The predicted molar refractivity (Wildman–Crippen MR) is 133 cm³/mol. The van der Waals surface area contributed by atoms with E-state index in [1.165, 1.54) is 57.1 Å². The van der Waals surface area contributed by atoms with Crippen molar-refractivity contribution in [3.63, 3.8) is 0 Å². The van der Waals surface area contributed by atoms with Gasteiger partial charge in [-0.15, -0.1) is 0 Å². The van der Waals surface area contributed by atoms with Gasteiger partial charge in [-0.2, -0.15) is 8.61 Å². The van der Waals surface area contributed by atoms with Crippen molar-refractivity contribution in [2.24, 2.45) is 0 Å². The van der Waals surface area contributed by atoms with Gasteiger partial charge in [0.15, 0.2) is 0 Å². The van der Waals surface area contributed by atoms with Crippen LogP contribution >= 0.6 is 0 Å². The molecule has 0 spiro atoms. The minimum atomic E-state index is -3.94. The summed E-state index contributed by atoms with van der Waals surface area (Å²) in [5, 5.41) is 0. The van der Waals surface area contributed by atoms with Gasteiger partial charge in [0.1, 0.15) is 0 Å². The Kier molecular flexibility index (Phi) is 8.02. The van der Waals surface area contributed by atoms with Gasteiger partial charge < -0.3 is 0 Å². The molecule has 0 bridgehead atoms. The first-order valence-corrected chi connectivity index (χ1v) is 16.5. The summed E-state index contributed by atoms with van der Waals surface area (Å²) in [6.07, 6.45) is 7.26. The highest BCUT2D eigenvalue weighted by Crippen LogP contribution is 2.27. The Bertz CT molecular complexity index is 1220. The zero-order chi connectivity index (χ0) is 25.1. The minimum absolute atomic E-state index is 0.0459. The molecule has 2 aromatic rings. The summed E-state index contributed by atoms with van der Waals surface area (Å²) in [6, 6.07) is 10.5. The van der Waals surface area contributed by atoms with Crippen LogP contribution in [0.2, 0.25) is 0 Å². The fraction of sp³-hybridized carbons (Fsp3) is 0.500. The SMILES string of the molecule is O=S(=O)(c1ccc(S(=O)(=O)N2CCCCCC2)cc1)c1ccc(S(=O)(=O)N2CCCCCC2)cc1. The van der Waals surface area contributed by atoms with Crippen LogP contribution < -0.4 is 0 Å². The van der Waals surface area contributed by atoms with Crippen molar-refractivity contribution in [2.45, 2.75) is 70.9 Å². The molecule has 2 aromatic carbocycles. The van der Waals surface area contributed by atoms with E-state index in [-0.39, 0.29) is 19.6 Å². The van der Waals surface area contributed by atoms with Gasteiger partial charge in [-0.1, -0.05) is 25.7 Å². The molecule has 11 heteroatoms. The van der Waals surface area contributed by atoms with Crippen molar-refractivity contribution < 1.29 is 25.3 Å². The van der Waals surface area contributed by atoms with Crippen LogP contribution in [0.25, 0.3) is 0 Å². The van der Waals surface area contributed by atoms with Crippen molar-refractivity contribution in [3.05, 3.63) is 48.5 Å². The molecule has 0 unspecified atom stereocenters. The maximum atomic E-state index is 13.1. The van der Waals surface area contributed by atoms with E-state index in [1.54, 1.807) is 0 Å². The zero-order valence-electron chi connectivity index (χ0n) is 19.7. The van der Waals surface area contributed by atoms with Crippen LogP contribution in [0, 0.1) is 0 Å². The number of hydrogen-bond acceptors (Lipinski definition) is 6. The van der Waals surface area contributed by atoms with E-state index in [0.29, 0.717) is 26.2 Å². The third kappa shape index (κ3) is 5.64. The average Bonchev–Trinajstić information content (AvgIpc) is 3.31. The standard InChI is InChI=1S/C24H32N2O6S3/c27-33(28,21-9-13-23(14-10-21)34(29,30)25-17-5-1-2-6-18-25)22-11-15-24(16-12-22)35(31,32)26-19-7-3-4-8-20-26/h9-16H,1-8,17-20H2. The van der Waals surface area contributed by atoms with E-state index in [0.717, 1.165) is 51.4 Å². The Balaban J connectivity index is 1.54. The van der Waals surface area contributed by atoms with E-state index in [2.05, 4.69) is 0 Å². The van der Waals surface area contributed by atoms with Crippen LogP contribution in [0.4, 0.5) is 0 Å². The normalized spacial score (nSPS) is 19.7. The van der Waals surface area contributed by atoms with Gasteiger partial charge >= 0.3 is 0 Å². The fourth-order valence-electron chi connectivity index (χ4n) is 4.58. The maximum Gasteiger partial charge on any atom is 0.243 e. The Morgan fingerprint density at radius 2 is 0.657 bits per heavy atom. The molecule has 0 radical (unpaired) electrons. The minimum Gasteiger partial charge on any atom is -0.219 e. The second kappa shape index (κ2) is 10.7. The van der Waals surface area contributed by atoms with E-state index in [9.17, 15) is 25.3 Å². The van der Waals surface area contributed by atoms with Gasteiger partial charge in [-0.3, -0.25) is 0 Å². The summed E-state index contributed by atoms with van der Waals surface area (Å²) in [5.74, 6) is 0. The van der Waals surface area contributed by atoms with Gasteiger partial charge in [-0.05, 0) is 74.2 Å². The number of rotatable bonds is 6. The van der Waals surface area contributed by atoms with Crippen LogP contribution in [0.1, 0.15) is 51.4 Å². The van der Waals surface area contributed by atoms with E-state index in [4.69, 9.17) is 0 Å². The molecule has 8 nitrogen and oxygen atoms in total. The van der Waals surface area contributed by atoms with Gasteiger partial charge in [-0.25, -0.2) is 25.3 Å². The Morgan fingerprint density at radius 3 is 0.943 bits per heavy atom. The van der Waals surface area contributed by atoms with Gasteiger partial charge in [0.2, 0.25) is 29.9 Å². The molecule has 0 N–H and O–H groups in total. The van der Waals surface area contributed by atoms with E-state index >= 15 is 0 Å². The molecule has 2 fully saturated rings. The molecule has 0 atom stereocenters. The van der Waals surface area contributed by atoms with Gasteiger partial charge in [0, 0.05) is 26.2 Å². The van der Waals surface area contributed by atoms with Gasteiger partial charge in [0.05, 0.1) is 19.6 Å². The third-order valence-corrected chi connectivity index (χ3v) is 12.3. The van der Waals surface area contributed by atoms with Gasteiger partial charge in [0.25, 0.3) is 0 Å². The molecule has 2 aliphatic heterocycles. The second-order valence-electron chi connectivity index (χ2n) is 9.08. The number of sulfone groups is 1. The maximum absolute atomic E-state index is 13.1. The van der Waals surface area contributed by atoms with Crippen molar-refractivity contribution >= 4 is 29.9 Å². The van der Waals surface area contributed by atoms with Crippen LogP contribution in [-0.4, -0.2) is 60.0 Å². The smallest absolute Gasteiger partial charge is 0.219 e. The van der Waals surface area contributed by atoms with Crippen LogP contribution in [0.15, 0.2) is 68.1 Å². The van der Waals surface area contributed by atoms with Crippen molar-refractivity contribution in [3.8, 4) is 0 Å². The topological polar surface area (TPSA) is 109 Å². The summed E-state index contributed by atoms with van der Waals surface area (Å²) < 4.78 is 81.1.